The van der Waals surface area contributed by atoms with Crippen LogP contribution in [-0.2, 0) is 16.6 Å². The Bertz CT molecular complexity index is 935. The van der Waals surface area contributed by atoms with Crippen molar-refractivity contribution >= 4 is 10.0 Å². The van der Waals surface area contributed by atoms with E-state index >= 15 is 0 Å². The summed E-state index contributed by atoms with van der Waals surface area (Å²) in [6, 6.07) is 11.4. The van der Waals surface area contributed by atoms with Crippen LogP contribution in [0.2, 0.25) is 0 Å². The molecule has 1 saturated heterocycles. The number of quaternary nitrogens is 1. The SMILES string of the molecule is COc1ccc(OC)c(S(=O)(=O)N2CC[NH+](Cc3cc(C)ccc3C)CC2)c1. The van der Waals surface area contributed by atoms with Gasteiger partial charge in [-0.15, -0.1) is 0 Å². The third-order valence-corrected chi connectivity index (χ3v) is 7.28. The molecule has 1 fully saturated rings. The molecule has 0 atom stereocenters. The van der Waals surface area contributed by atoms with E-state index in [1.165, 1.54) is 41.9 Å². The first-order valence-corrected chi connectivity index (χ1v) is 10.9. The van der Waals surface area contributed by atoms with E-state index in [9.17, 15) is 8.42 Å². The standard InChI is InChI=1S/C21H28N2O4S/c1-16-5-6-17(2)18(13-16)15-22-9-11-23(12-10-22)28(24,25)21-14-19(26-3)7-8-20(21)27-4/h5-8,13-14H,9-12,15H2,1-4H3/p+1. The summed E-state index contributed by atoms with van der Waals surface area (Å²) in [5.41, 5.74) is 3.88. The largest absolute Gasteiger partial charge is 0.497 e. The van der Waals surface area contributed by atoms with Gasteiger partial charge < -0.3 is 14.4 Å². The van der Waals surface area contributed by atoms with Crippen molar-refractivity contribution in [2.24, 2.45) is 0 Å². The van der Waals surface area contributed by atoms with Gasteiger partial charge in [0, 0.05) is 11.6 Å². The lowest BCUT2D eigenvalue weighted by Crippen LogP contribution is -3.13. The number of piperazine rings is 1. The smallest absolute Gasteiger partial charge is 0.247 e. The van der Waals surface area contributed by atoms with Gasteiger partial charge in [-0.1, -0.05) is 23.8 Å². The van der Waals surface area contributed by atoms with Crippen molar-refractivity contribution in [2.75, 3.05) is 40.4 Å². The third-order valence-electron chi connectivity index (χ3n) is 5.36. The Morgan fingerprint density at radius 3 is 2.36 bits per heavy atom. The topological polar surface area (TPSA) is 60.3 Å². The van der Waals surface area contributed by atoms with E-state index in [1.54, 1.807) is 16.4 Å². The minimum absolute atomic E-state index is 0.160. The Balaban J connectivity index is 1.73. The fourth-order valence-corrected chi connectivity index (χ4v) is 5.22. The van der Waals surface area contributed by atoms with E-state index in [0.29, 0.717) is 24.6 Å². The summed E-state index contributed by atoms with van der Waals surface area (Å²) in [6.45, 7) is 7.68. The normalized spacial score (nSPS) is 16.1. The van der Waals surface area contributed by atoms with E-state index < -0.39 is 10.0 Å². The minimum Gasteiger partial charge on any atom is -0.497 e. The zero-order valence-corrected chi connectivity index (χ0v) is 17.8. The molecule has 28 heavy (non-hydrogen) atoms. The van der Waals surface area contributed by atoms with Crippen molar-refractivity contribution < 1.29 is 22.8 Å². The Kier molecular flexibility index (Phi) is 6.27. The Morgan fingerprint density at radius 1 is 1.00 bits per heavy atom. The van der Waals surface area contributed by atoms with Gasteiger partial charge in [0.15, 0.2) is 0 Å². The Labute approximate surface area is 167 Å². The highest BCUT2D eigenvalue weighted by atomic mass is 32.2. The molecule has 0 bridgehead atoms. The average Bonchev–Trinajstić information content (AvgIpc) is 2.70. The van der Waals surface area contributed by atoms with Gasteiger partial charge in [-0.2, -0.15) is 4.31 Å². The number of benzene rings is 2. The molecule has 0 aromatic heterocycles. The number of methoxy groups -OCH3 is 2. The first kappa shape index (κ1) is 20.6. The highest BCUT2D eigenvalue weighted by molar-refractivity contribution is 7.89. The highest BCUT2D eigenvalue weighted by Gasteiger charge is 2.33. The number of ether oxygens (including phenoxy) is 2. The lowest BCUT2D eigenvalue weighted by Gasteiger charge is -2.32. The van der Waals surface area contributed by atoms with Gasteiger partial charge in [0.2, 0.25) is 10.0 Å². The van der Waals surface area contributed by atoms with Crippen molar-refractivity contribution in [1.82, 2.24) is 4.31 Å². The van der Waals surface area contributed by atoms with Gasteiger partial charge >= 0.3 is 0 Å². The van der Waals surface area contributed by atoms with Crippen molar-refractivity contribution in [3.8, 4) is 11.5 Å². The molecule has 1 aliphatic heterocycles. The van der Waals surface area contributed by atoms with Crippen LogP contribution < -0.4 is 14.4 Å². The maximum absolute atomic E-state index is 13.2. The first-order chi connectivity index (χ1) is 13.3. The molecule has 1 N–H and O–H groups in total. The number of sulfonamides is 1. The van der Waals surface area contributed by atoms with Crippen molar-refractivity contribution in [3.63, 3.8) is 0 Å². The molecule has 0 radical (unpaired) electrons. The van der Waals surface area contributed by atoms with Crippen molar-refractivity contribution in [3.05, 3.63) is 53.1 Å². The van der Waals surface area contributed by atoms with E-state index in [2.05, 4.69) is 32.0 Å². The number of rotatable bonds is 6. The Morgan fingerprint density at radius 2 is 1.71 bits per heavy atom. The van der Waals surface area contributed by atoms with E-state index in [1.807, 2.05) is 0 Å². The first-order valence-electron chi connectivity index (χ1n) is 9.47. The summed E-state index contributed by atoms with van der Waals surface area (Å²) < 4.78 is 38.4. The number of hydrogen-bond donors (Lipinski definition) is 1. The van der Waals surface area contributed by atoms with Crippen molar-refractivity contribution in [2.45, 2.75) is 25.3 Å². The molecule has 0 spiro atoms. The molecule has 0 amide bonds. The van der Waals surface area contributed by atoms with Crippen LogP contribution in [0.4, 0.5) is 0 Å². The molecule has 1 aliphatic rings. The predicted molar refractivity (Wildman–Crippen MR) is 109 cm³/mol. The summed E-state index contributed by atoms with van der Waals surface area (Å²) in [5.74, 6) is 0.838. The van der Waals surface area contributed by atoms with Crippen LogP contribution in [0.1, 0.15) is 16.7 Å². The van der Waals surface area contributed by atoms with E-state index in [0.717, 1.165) is 19.6 Å². The molecule has 2 aromatic rings. The highest BCUT2D eigenvalue weighted by Crippen LogP contribution is 2.30. The molecule has 3 rings (SSSR count). The van der Waals surface area contributed by atoms with Crippen LogP contribution >= 0.6 is 0 Å². The zero-order chi connectivity index (χ0) is 20.3. The summed E-state index contributed by atoms with van der Waals surface area (Å²) in [4.78, 5) is 1.56. The predicted octanol–water partition coefficient (Wildman–Crippen LogP) is 1.41. The number of nitrogens with one attached hydrogen (secondary N) is 1. The second kappa shape index (κ2) is 8.51. The lowest BCUT2D eigenvalue weighted by atomic mass is 10.1. The molecule has 6 nitrogen and oxygen atoms in total. The molecule has 0 saturated carbocycles. The molecule has 0 aliphatic carbocycles. The van der Waals surface area contributed by atoms with Crippen molar-refractivity contribution in [1.29, 1.82) is 0 Å². The summed E-state index contributed by atoms with van der Waals surface area (Å²) in [5, 5.41) is 0. The fraction of sp³-hybridized carbons (Fsp3) is 0.429. The van der Waals surface area contributed by atoms with Gasteiger partial charge in [0.05, 0.1) is 40.4 Å². The van der Waals surface area contributed by atoms with Gasteiger partial charge in [-0.25, -0.2) is 8.42 Å². The van der Waals surface area contributed by atoms with Crippen LogP contribution in [0.15, 0.2) is 41.3 Å². The molecule has 152 valence electrons. The summed E-state index contributed by atoms with van der Waals surface area (Å²) in [6.07, 6.45) is 0. The maximum atomic E-state index is 13.2. The van der Waals surface area contributed by atoms with Gasteiger partial charge in [-0.3, -0.25) is 0 Å². The van der Waals surface area contributed by atoms with Crippen LogP contribution in [0.5, 0.6) is 11.5 Å². The molecule has 7 heteroatoms. The average molecular weight is 406 g/mol. The summed E-state index contributed by atoms with van der Waals surface area (Å²) >= 11 is 0. The molecular formula is C21H29N2O4S+. The quantitative estimate of drug-likeness (QED) is 0.790. The number of nitrogens with zero attached hydrogens (tertiary/aromatic N) is 1. The zero-order valence-electron chi connectivity index (χ0n) is 17.0. The van der Waals surface area contributed by atoms with Gasteiger partial charge in [0.1, 0.15) is 22.9 Å². The fourth-order valence-electron chi connectivity index (χ4n) is 3.60. The summed E-state index contributed by atoms with van der Waals surface area (Å²) in [7, 11) is -0.633. The molecule has 2 aromatic carbocycles. The second-order valence-electron chi connectivity index (χ2n) is 7.28. The minimum atomic E-state index is -3.63. The van der Waals surface area contributed by atoms with E-state index in [4.69, 9.17) is 9.47 Å². The molecular weight excluding hydrogens is 376 g/mol. The monoisotopic (exact) mass is 405 g/mol. The van der Waals surface area contributed by atoms with Crippen LogP contribution in [0.3, 0.4) is 0 Å². The van der Waals surface area contributed by atoms with Crippen LogP contribution in [0, 0.1) is 13.8 Å². The number of hydrogen-bond acceptors (Lipinski definition) is 4. The second-order valence-corrected chi connectivity index (χ2v) is 9.18. The van der Waals surface area contributed by atoms with E-state index in [-0.39, 0.29) is 4.90 Å². The van der Waals surface area contributed by atoms with Crippen LogP contribution in [0.25, 0.3) is 0 Å². The lowest BCUT2D eigenvalue weighted by molar-refractivity contribution is -0.917. The van der Waals surface area contributed by atoms with Crippen LogP contribution in [-0.4, -0.2) is 53.1 Å². The molecule has 0 unspecified atom stereocenters. The number of aryl methyl sites for hydroxylation is 2. The molecule has 1 heterocycles. The Hall–Kier alpha value is -2.09. The van der Waals surface area contributed by atoms with Gasteiger partial charge in [-0.05, 0) is 31.5 Å². The van der Waals surface area contributed by atoms with Gasteiger partial charge in [0.25, 0.3) is 0 Å². The third kappa shape index (κ3) is 4.32. The maximum Gasteiger partial charge on any atom is 0.247 e.